The largest absolute Gasteiger partial charge is 0.447 e. The molecular weight excluding hydrogens is 186 g/mol. The third-order valence-electron chi connectivity index (χ3n) is 0.979. The summed E-state index contributed by atoms with van der Waals surface area (Å²) < 4.78 is 4.87. The van der Waals surface area contributed by atoms with Gasteiger partial charge in [0.15, 0.2) is 0 Å². The zero-order chi connectivity index (χ0) is 7.56. The van der Waals surface area contributed by atoms with Gasteiger partial charge in [-0.2, -0.15) is 0 Å². The Morgan fingerprint density at radius 1 is 1.73 bits per heavy atom. The van der Waals surface area contributed by atoms with Gasteiger partial charge in [0.05, 0.1) is 6.54 Å². The highest BCUT2D eigenvalue weighted by Gasteiger charge is 2.02. The van der Waals surface area contributed by atoms with Crippen molar-refractivity contribution in [3.8, 4) is 0 Å². The van der Waals surface area contributed by atoms with Crippen molar-refractivity contribution < 1.29 is 4.42 Å². The standard InChI is InChI=1S/C5H7N3OS.ClH/c6-1-4-8-3(2-9-4)5(7)10;/h2H,1,6H2,(H2,7,10);1H. The number of nitrogens with zero attached hydrogens (tertiary/aromatic N) is 1. The van der Waals surface area contributed by atoms with Crippen LogP contribution < -0.4 is 11.5 Å². The summed E-state index contributed by atoms with van der Waals surface area (Å²) in [5.74, 6) is 0.447. The molecule has 0 atom stereocenters. The second-order valence-corrected chi connectivity index (χ2v) is 2.13. The van der Waals surface area contributed by atoms with Crippen molar-refractivity contribution in [2.45, 2.75) is 6.54 Å². The van der Waals surface area contributed by atoms with Crippen LogP contribution in [0.2, 0.25) is 0 Å². The van der Waals surface area contributed by atoms with Crippen LogP contribution in [0.25, 0.3) is 0 Å². The lowest BCUT2D eigenvalue weighted by molar-refractivity contribution is 0.497. The highest BCUT2D eigenvalue weighted by atomic mass is 35.5. The normalized spacial score (nSPS) is 8.82. The van der Waals surface area contributed by atoms with Gasteiger partial charge in [-0.05, 0) is 0 Å². The van der Waals surface area contributed by atoms with E-state index in [-0.39, 0.29) is 23.9 Å². The zero-order valence-corrected chi connectivity index (χ0v) is 7.24. The van der Waals surface area contributed by atoms with Gasteiger partial charge in [-0.3, -0.25) is 0 Å². The van der Waals surface area contributed by atoms with Gasteiger partial charge in [-0.1, -0.05) is 12.2 Å². The molecule has 0 saturated carbocycles. The molecule has 62 valence electrons. The lowest BCUT2D eigenvalue weighted by atomic mass is 10.5. The highest BCUT2D eigenvalue weighted by molar-refractivity contribution is 7.80. The van der Waals surface area contributed by atoms with Crippen LogP contribution in [0, 0.1) is 0 Å². The van der Waals surface area contributed by atoms with Gasteiger partial charge in [0.25, 0.3) is 0 Å². The SMILES string of the molecule is Cl.NCc1nc(C(N)=S)co1. The summed E-state index contributed by atoms with van der Waals surface area (Å²) in [4.78, 5) is 4.10. The van der Waals surface area contributed by atoms with E-state index in [0.717, 1.165) is 0 Å². The minimum absolute atomic E-state index is 0. The minimum atomic E-state index is 0. The predicted octanol–water partition coefficient (Wildman–Crippen LogP) is 0.189. The van der Waals surface area contributed by atoms with Crippen molar-refractivity contribution in [3.63, 3.8) is 0 Å². The predicted molar refractivity (Wildman–Crippen MR) is 47.5 cm³/mol. The molecule has 4 nitrogen and oxygen atoms in total. The molecule has 1 aromatic heterocycles. The van der Waals surface area contributed by atoms with Crippen molar-refractivity contribution in [1.82, 2.24) is 4.98 Å². The Kier molecular flexibility index (Phi) is 4.02. The van der Waals surface area contributed by atoms with E-state index in [9.17, 15) is 0 Å². The van der Waals surface area contributed by atoms with Crippen molar-refractivity contribution in [1.29, 1.82) is 0 Å². The minimum Gasteiger partial charge on any atom is -0.447 e. The maximum Gasteiger partial charge on any atom is 0.208 e. The van der Waals surface area contributed by atoms with Gasteiger partial charge in [0, 0.05) is 0 Å². The maximum atomic E-state index is 5.25. The lowest BCUT2D eigenvalue weighted by Gasteiger charge is -1.84. The number of hydrogen-bond donors (Lipinski definition) is 2. The van der Waals surface area contributed by atoms with E-state index in [1.165, 1.54) is 6.26 Å². The Hall–Kier alpha value is -0.650. The first-order chi connectivity index (χ1) is 4.74. The second kappa shape index (κ2) is 4.27. The average molecular weight is 194 g/mol. The first-order valence-electron chi connectivity index (χ1n) is 2.68. The van der Waals surface area contributed by atoms with Crippen LogP contribution in [0.3, 0.4) is 0 Å². The molecule has 1 aromatic rings. The molecule has 4 N–H and O–H groups in total. The summed E-state index contributed by atoms with van der Waals surface area (Å²) in [5, 5.41) is 0. The number of oxazole rings is 1. The van der Waals surface area contributed by atoms with Crippen LogP contribution in [0.1, 0.15) is 11.6 Å². The smallest absolute Gasteiger partial charge is 0.208 e. The molecule has 0 aromatic carbocycles. The molecule has 0 aliphatic rings. The van der Waals surface area contributed by atoms with E-state index in [4.69, 9.17) is 15.9 Å². The summed E-state index contributed by atoms with van der Waals surface area (Å²) >= 11 is 4.64. The molecule has 0 aliphatic heterocycles. The van der Waals surface area contributed by atoms with Gasteiger partial charge in [0.2, 0.25) is 5.89 Å². The molecule has 1 rings (SSSR count). The Bertz CT molecular complexity index is 250. The molecular formula is C5H8ClN3OS. The molecule has 0 fully saturated rings. The number of nitrogens with two attached hydrogens (primary N) is 2. The molecule has 0 unspecified atom stereocenters. The van der Waals surface area contributed by atoms with E-state index < -0.39 is 0 Å². The third-order valence-corrected chi connectivity index (χ3v) is 1.19. The van der Waals surface area contributed by atoms with E-state index in [1.54, 1.807) is 0 Å². The lowest BCUT2D eigenvalue weighted by Crippen LogP contribution is -2.10. The van der Waals surface area contributed by atoms with E-state index >= 15 is 0 Å². The Labute approximate surface area is 75.4 Å². The van der Waals surface area contributed by atoms with E-state index in [2.05, 4.69) is 17.2 Å². The van der Waals surface area contributed by atoms with Crippen molar-refractivity contribution in [2.24, 2.45) is 11.5 Å². The Balaban J connectivity index is 0.000001000. The molecule has 6 heteroatoms. The first kappa shape index (κ1) is 10.3. The topological polar surface area (TPSA) is 78.1 Å². The number of hydrogen-bond acceptors (Lipinski definition) is 4. The average Bonchev–Trinajstić information content (AvgIpc) is 2.34. The van der Waals surface area contributed by atoms with Crippen molar-refractivity contribution in [3.05, 3.63) is 17.8 Å². The molecule has 11 heavy (non-hydrogen) atoms. The van der Waals surface area contributed by atoms with Gasteiger partial charge in [0.1, 0.15) is 16.9 Å². The van der Waals surface area contributed by atoms with Gasteiger partial charge >= 0.3 is 0 Å². The first-order valence-corrected chi connectivity index (χ1v) is 3.09. The zero-order valence-electron chi connectivity index (χ0n) is 5.61. The van der Waals surface area contributed by atoms with Gasteiger partial charge < -0.3 is 15.9 Å². The third kappa shape index (κ3) is 2.45. The fraction of sp³-hybridized carbons (Fsp3) is 0.200. The van der Waals surface area contributed by atoms with Crippen molar-refractivity contribution >= 4 is 29.6 Å². The quantitative estimate of drug-likeness (QED) is 0.656. The van der Waals surface area contributed by atoms with Gasteiger partial charge in [-0.25, -0.2) is 4.98 Å². The summed E-state index contributed by atoms with van der Waals surface area (Å²) in [6.07, 6.45) is 1.39. The van der Waals surface area contributed by atoms with Crippen LogP contribution in [0.15, 0.2) is 10.7 Å². The van der Waals surface area contributed by atoms with Crippen LogP contribution in [-0.4, -0.2) is 9.97 Å². The molecule has 0 radical (unpaired) electrons. The fourth-order valence-electron chi connectivity index (χ4n) is 0.518. The number of halogens is 1. The molecule has 0 amide bonds. The van der Waals surface area contributed by atoms with Crippen LogP contribution >= 0.6 is 24.6 Å². The second-order valence-electron chi connectivity index (χ2n) is 1.69. The molecule has 0 bridgehead atoms. The molecule has 0 spiro atoms. The summed E-state index contributed by atoms with van der Waals surface area (Å²) in [7, 11) is 0. The van der Waals surface area contributed by atoms with Gasteiger partial charge in [-0.15, -0.1) is 12.4 Å². The van der Waals surface area contributed by atoms with E-state index in [1.807, 2.05) is 0 Å². The Morgan fingerprint density at radius 3 is 2.64 bits per heavy atom. The maximum absolute atomic E-state index is 5.25. The van der Waals surface area contributed by atoms with Crippen LogP contribution in [-0.2, 0) is 6.54 Å². The summed E-state index contributed by atoms with van der Waals surface area (Å²) in [5.41, 5.74) is 11.0. The van der Waals surface area contributed by atoms with Crippen molar-refractivity contribution in [2.75, 3.05) is 0 Å². The molecule has 1 heterocycles. The van der Waals surface area contributed by atoms with Crippen LogP contribution in [0.4, 0.5) is 0 Å². The summed E-state index contributed by atoms with van der Waals surface area (Å²) in [6.45, 7) is 0.266. The Morgan fingerprint density at radius 2 is 2.36 bits per heavy atom. The summed E-state index contributed by atoms with van der Waals surface area (Å²) in [6, 6.07) is 0. The number of aromatic nitrogens is 1. The highest BCUT2D eigenvalue weighted by Crippen LogP contribution is 1.99. The van der Waals surface area contributed by atoms with E-state index in [0.29, 0.717) is 11.6 Å². The number of rotatable bonds is 2. The van der Waals surface area contributed by atoms with Crippen LogP contribution in [0.5, 0.6) is 0 Å². The monoisotopic (exact) mass is 193 g/mol. The number of thiocarbonyl (C=S) groups is 1. The fourth-order valence-corrected chi connectivity index (χ4v) is 0.612. The molecule has 0 saturated heterocycles. The molecule has 0 aliphatic carbocycles.